The third-order valence-electron chi connectivity index (χ3n) is 3.04. The Morgan fingerprint density at radius 2 is 1.59 bits per heavy atom. The van der Waals surface area contributed by atoms with Crippen LogP contribution in [-0.2, 0) is 14.3 Å². The number of carbonyl (C=O) groups is 2. The summed E-state index contributed by atoms with van der Waals surface area (Å²) in [7, 11) is 2.87. The fraction of sp³-hybridized carbons (Fsp3) is 0.556. The number of amides is 1. The maximum absolute atomic E-state index is 12.6. The highest BCUT2D eigenvalue weighted by Crippen LogP contribution is 2.21. The first-order valence-corrected chi connectivity index (χ1v) is 8.33. The lowest BCUT2D eigenvalue weighted by molar-refractivity contribution is -0.158. The van der Waals surface area contributed by atoms with Crippen molar-refractivity contribution in [1.82, 2.24) is 15.3 Å². The first-order chi connectivity index (χ1) is 12.5. The van der Waals surface area contributed by atoms with Gasteiger partial charge in [0.25, 0.3) is 5.91 Å². The molecular weight excluding hydrogens is 354 g/mol. The number of allylic oxidation sites excluding steroid dienone is 1. The van der Waals surface area contributed by atoms with Crippen molar-refractivity contribution in [3.05, 3.63) is 17.4 Å². The van der Waals surface area contributed by atoms with E-state index in [1.54, 1.807) is 34.6 Å². The van der Waals surface area contributed by atoms with E-state index in [0.29, 0.717) is 5.57 Å². The summed E-state index contributed by atoms with van der Waals surface area (Å²) >= 11 is 0. The van der Waals surface area contributed by atoms with E-state index in [4.69, 9.17) is 18.9 Å². The Labute approximate surface area is 159 Å². The summed E-state index contributed by atoms with van der Waals surface area (Å²) in [6, 6.07) is 0.484. The van der Waals surface area contributed by atoms with Crippen molar-refractivity contribution in [2.45, 2.75) is 53.2 Å². The number of rotatable bonds is 7. The fourth-order valence-electron chi connectivity index (χ4n) is 1.82. The molecule has 9 nitrogen and oxygen atoms in total. The molecule has 0 aliphatic rings. The first kappa shape index (κ1) is 22.2. The van der Waals surface area contributed by atoms with E-state index in [1.807, 2.05) is 0 Å². The molecule has 0 spiro atoms. The molecule has 1 atom stereocenters. The lowest BCUT2D eigenvalue weighted by Gasteiger charge is -2.23. The van der Waals surface area contributed by atoms with Gasteiger partial charge in [0.15, 0.2) is 5.76 Å². The maximum atomic E-state index is 12.6. The van der Waals surface area contributed by atoms with E-state index >= 15 is 0 Å². The Hall–Kier alpha value is -2.84. The Balaban J connectivity index is 2.96. The molecule has 0 saturated heterocycles. The van der Waals surface area contributed by atoms with E-state index in [2.05, 4.69) is 15.3 Å². The number of ether oxygens (including phenoxy) is 4. The number of esters is 1. The molecule has 0 saturated carbocycles. The largest absolute Gasteiger partial charge is 0.481 e. The predicted molar refractivity (Wildman–Crippen MR) is 97.6 cm³/mol. The van der Waals surface area contributed by atoms with Gasteiger partial charge in [0, 0.05) is 0 Å². The highest BCUT2D eigenvalue weighted by atomic mass is 16.6. The van der Waals surface area contributed by atoms with Crippen LogP contribution in [0.15, 0.2) is 17.4 Å². The molecule has 1 heterocycles. The lowest BCUT2D eigenvalue weighted by atomic mass is 10.2. The molecule has 9 heteroatoms. The zero-order valence-corrected chi connectivity index (χ0v) is 17.0. The van der Waals surface area contributed by atoms with E-state index in [0.717, 1.165) is 0 Å². The van der Waals surface area contributed by atoms with E-state index < -0.39 is 23.5 Å². The minimum Gasteiger partial charge on any atom is -0.481 e. The molecule has 0 aliphatic carbocycles. The third kappa shape index (κ3) is 7.12. The van der Waals surface area contributed by atoms with Crippen molar-refractivity contribution in [3.63, 3.8) is 0 Å². The molecule has 1 aromatic heterocycles. The van der Waals surface area contributed by atoms with Crippen LogP contribution in [0.4, 0.5) is 0 Å². The second-order valence-electron chi connectivity index (χ2n) is 6.90. The number of aromatic nitrogens is 2. The summed E-state index contributed by atoms with van der Waals surface area (Å²) in [6.45, 7) is 10.1. The number of carbonyl (C=O) groups excluding carboxylic acids is 2. The van der Waals surface area contributed by atoms with Gasteiger partial charge in [-0.15, -0.1) is 0 Å². The molecule has 27 heavy (non-hydrogen) atoms. The molecule has 1 rings (SSSR count). The van der Waals surface area contributed by atoms with Crippen molar-refractivity contribution in [2.75, 3.05) is 14.2 Å². The molecule has 150 valence electrons. The maximum Gasteiger partial charge on any atom is 0.328 e. The highest BCUT2D eigenvalue weighted by Gasteiger charge is 2.25. The van der Waals surface area contributed by atoms with Gasteiger partial charge in [-0.2, -0.15) is 9.97 Å². The van der Waals surface area contributed by atoms with Crippen molar-refractivity contribution in [3.8, 4) is 17.8 Å². The Bertz CT molecular complexity index is 698. The van der Waals surface area contributed by atoms with Crippen molar-refractivity contribution >= 4 is 11.9 Å². The molecule has 0 aromatic carbocycles. The molecule has 0 bridgehead atoms. The fourth-order valence-corrected chi connectivity index (χ4v) is 1.82. The van der Waals surface area contributed by atoms with Gasteiger partial charge in [-0.3, -0.25) is 4.79 Å². The van der Waals surface area contributed by atoms with Gasteiger partial charge < -0.3 is 24.3 Å². The second kappa shape index (κ2) is 9.20. The first-order valence-electron chi connectivity index (χ1n) is 8.33. The molecular formula is C18H27N3O6. The van der Waals surface area contributed by atoms with Gasteiger partial charge in [-0.05, 0) is 47.1 Å². The van der Waals surface area contributed by atoms with Crippen LogP contribution in [-0.4, -0.2) is 47.7 Å². The monoisotopic (exact) mass is 381 g/mol. The van der Waals surface area contributed by atoms with Crippen LogP contribution in [0.25, 0.3) is 0 Å². The number of hydrogen-bond donors (Lipinski definition) is 1. The summed E-state index contributed by atoms with van der Waals surface area (Å²) in [5, 5.41) is 2.55. The van der Waals surface area contributed by atoms with Crippen molar-refractivity contribution < 1.29 is 28.5 Å². The van der Waals surface area contributed by atoms with Crippen LogP contribution < -0.4 is 19.5 Å². The zero-order chi connectivity index (χ0) is 20.8. The average Bonchev–Trinajstić information content (AvgIpc) is 2.57. The number of nitrogens with zero attached hydrogens (tertiary/aromatic N) is 2. The van der Waals surface area contributed by atoms with Gasteiger partial charge in [0.05, 0.1) is 20.3 Å². The Morgan fingerprint density at radius 3 is 2.00 bits per heavy atom. The molecule has 1 aromatic rings. The van der Waals surface area contributed by atoms with E-state index in [-0.39, 0.29) is 23.5 Å². The van der Waals surface area contributed by atoms with Gasteiger partial charge in [-0.25, -0.2) is 4.79 Å². The topological polar surface area (TPSA) is 109 Å². The van der Waals surface area contributed by atoms with Crippen molar-refractivity contribution in [1.29, 1.82) is 0 Å². The van der Waals surface area contributed by atoms with E-state index in [9.17, 15) is 9.59 Å². The Morgan fingerprint density at radius 1 is 1.07 bits per heavy atom. The van der Waals surface area contributed by atoms with Crippen LogP contribution in [0.2, 0.25) is 0 Å². The van der Waals surface area contributed by atoms with Crippen LogP contribution in [0.1, 0.15) is 41.5 Å². The standard InChI is InChI=1S/C18H27N3O6/c1-10(2)14(15(22)19-11(3)16(23)27-18(4,5)6)26-17-20-12(24-7)9-13(21-17)25-8/h9,11H,1-8H3,(H,19,22)/t11-/m0/s1. The predicted octanol–water partition coefficient (Wildman–Crippen LogP) is 2.01. The average molecular weight is 381 g/mol. The van der Waals surface area contributed by atoms with Gasteiger partial charge >= 0.3 is 12.0 Å². The van der Waals surface area contributed by atoms with Crippen molar-refractivity contribution in [2.24, 2.45) is 0 Å². The second-order valence-corrected chi connectivity index (χ2v) is 6.90. The minimum absolute atomic E-state index is 0.0410. The Kier molecular flexibility index (Phi) is 7.56. The quantitative estimate of drug-likeness (QED) is 0.434. The van der Waals surface area contributed by atoms with Gasteiger partial charge in [0.1, 0.15) is 11.6 Å². The van der Waals surface area contributed by atoms with Crippen LogP contribution in [0.5, 0.6) is 17.8 Å². The van der Waals surface area contributed by atoms with Crippen LogP contribution in [0, 0.1) is 0 Å². The van der Waals surface area contributed by atoms with E-state index in [1.165, 1.54) is 27.2 Å². The molecule has 1 amide bonds. The molecule has 0 fully saturated rings. The number of hydrogen-bond acceptors (Lipinski definition) is 8. The molecule has 0 radical (unpaired) electrons. The summed E-state index contributed by atoms with van der Waals surface area (Å²) in [5.41, 5.74) is -0.0917. The number of methoxy groups -OCH3 is 2. The summed E-state index contributed by atoms with van der Waals surface area (Å²) < 4.78 is 20.9. The molecule has 0 aliphatic heterocycles. The van der Waals surface area contributed by atoms with Crippen LogP contribution in [0.3, 0.4) is 0 Å². The minimum atomic E-state index is -0.865. The van der Waals surface area contributed by atoms with Gasteiger partial charge in [0.2, 0.25) is 11.8 Å². The normalized spacial score (nSPS) is 11.9. The SMILES string of the molecule is COc1cc(OC)nc(OC(C(=O)N[C@@H](C)C(=O)OC(C)(C)C)=C(C)C)n1. The number of nitrogens with one attached hydrogen (secondary N) is 1. The highest BCUT2D eigenvalue weighted by molar-refractivity contribution is 5.95. The lowest BCUT2D eigenvalue weighted by Crippen LogP contribution is -2.43. The van der Waals surface area contributed by atoms with Crippen LogP contribution >= 0.6 is 0 Å². The summed E-state index contributed by atoms with van der Waals surface area (Å²) in [5.74, 6) is -0.761. The molecule has 1 N–H and O–H groups in total. The molecule has 0 unspecified atom stereocenters. The zero-order valence-electron chi connectivity index (χ0n) is 17.0. The summed E-state index contributed by atoms with van der Waals surface area (Å²) in [4.78, 5) is 32.7. The summed E-state index contributed by atoms with van der Waals surface area (Å²) in [6.07, 6.45) is 0. The van der Waals surface area contributed by atoms with Gasteiger partial charge in [-0.1, -0.05) is 0 Å². The smallest absolute Gasteiger partial charge is 0.328 e. The third-order valence-corrected chi connectivity index (χ3v) is 3.04.